The van der Waals surface area contributed by atoms with Gasteiger partial charge >= 0.3 is 8.56 Å². The van der Waals surface area contributed by atoms with Gasteiger partial charge in [-0.2, -0.15) is 0 Å². The molecule has 2 aliphatic rings. The molecule has 2 aliphatic heterocycles. The van der Waals surface area contributed by atoms with Crippen LogP contribution in [-0.2, 0) is 18.3 Å². The molecular formula is C18H36O4Si. The molecule has 0 aromatic rings. The summed E-state index contributed by atoms with van der Waals surface area (Å²) in [6, 6.07) is 0. The van der Waals surface area contributed by atoms with Gasteiger partial charge in [-0.15, -0.1) is 0 Å². The smallest absolute Gasteiger partial charge is 0.349 e. The average Bonchev–Trinajstić information content (AvgIpc) is 3.46. The van der Waals surface area contributed by atoms with E-state index in [0.717, 1.165) is 25.7 Å². The van der Waals surface area contributed by atoms with E-state index in [1.165, 1.54) is 12.8 Å². The second-order valence-electron chi connectivity index (χ2n) is 7.01. The van der Waals surface area contributed by atoms with E-state index in [0.29, 0.717) is 35.5 Å². The van der Waals surface area contributed by atoms with Gasteiger partial charge in [0.05, 0.1) is 24.4 Å². The first-order chi connectivity index (χ1) is 11.1. The van der Waals surface area contributed by atoms with Crippen molar-refractivity contribution in [2.45, 2.75) is 102 Å². The second-order valence-corrected chi connectivity index (χ2v) is 10.8. The summed E-state index contributed by atoms with van der Waals surface area (Å²) >= 11 is 0. The normalized spacial score (nSPS) is 32.6. The Bertz CT molecular complexity index is 331. The highest BCUT2D eigenvalue weighted by Gasteiger charge is 2.64. The van der Waals surface area contributed by atoms with Crippen molar-refractivity contribution in [3.8, 4) is 0 Å². The first-order valence-corrected chi connectivity index (χ1v) is 11.5. The lowest BCUT2D eigenvalue weighted by atomic mass is 10.1. The molecule has 23 heavy (non-hydrogen) atoms. The third-order valence-electron chi connectivity index (χ3n) is 5.73. The molecule has 2 fully saturated rings. The molecule has 2 heterocycles. The van der Waals surface area contributed by atoms with Gasteiger partial charge in [0.2, 0.25) is 0 Å². The Labute approximate surface area is 143 Å². The van der Waals surface area contributed by atoms with Crippen LogP contribution in [0.4, 0.5) is 0 Å². The molecule has 136 valence electrons. The minimum atomic E-state index is -2.40. The van der Waals surface area contributed by atoms with Gasteiger partial charge in [-0.1, -0.05) is 40.5 Å². The van der Waals surface area contributed by atoms with E-state index >= 15 is 0 Å². The van der Waals surface area contributed by atoms with Crippen molar-refractivity contribution >= 4 is 8.56 Å². The lowest BCUT2D eigenvalue weighted by molar-refractivity contribution is 0.192. The Kier molecular flexibility index (Phi) is 7.11. The molecule has 0 aromatic carbocycles. The molecule has 0 spiro atoms. The lowest BCUT2D eigenvalue weighted by Crippen LogP contribution is -2.53. The maximum absolute atomic E-state index is 6.21. The Morgan fingerprint density at radius 3 is 1.43 bits per heavy atom. The van der Waals surface area contributed by atoms with Gasteiger partial charge in [0, 0.05) is 25.3 Å². The molecule has 2 saturated heterocycles. The summed E-state index contributed by atoms with van der Waals surface area (Å²) in [6.07, 6.45) is 8.22. The van der Waals surface area contributed by atoms with Crippen LogP contribution in [0.2, 0.25) is 11.1 Å². The van der Waals surface area contributed by atoms with Crippen LogP contribution in [0, 0.1) is 0 Å². The van der Waals surface area contributed by atoms with Crippen molar-refractivity contribution in [3.63, 3.8) is 0 Å². The number of hydrogen-bond acceptors (Lipinski definition) is 4. The van der Waals surface area contributed by atoms with Crippen molar-refractivity contribution in [2.24, 2.45) is 0 Å². The van der Waals surface area contributed by atoms with E-state index in [1.807, 2.05) is 14.2 Å². The number of hydrogen-bond donors (Lipinski definition) is 0. The predicted molar refractivity (Wildman–Crippen MR) is 95.0 cm³/mol. The van der Waals surface area contributed by atoms with Crippen LogP contribution >= 0.6 is 0 Å². The summed E-state index contributed by atoms with van der Waals surface area (Å²) in [5.41, 5.74) is 0.788. The van der Waals surface area contributed by atoms with Crippen LogP contribution in [0.3, 0.4) is 0 Å². The van der Waals surface area contributed by atoms with Crippen LogP contribution < -0.4 is 0 Å². The maximum Gasteiger partial charge on any atom is 0.349 e. The van der Waals surface area contributed by atoms with Crippen LogP contribution in [0.5, 0.6) is 0 Å². The van der Waals surface area contributed by atoms with E-state index in [4.69, 9.17) is 18.3 Å². The topological polar surface area (TPSA) is 43.5 Å². The van der Waals surface area contributed by atoms with E-state index in [2.05, 4.69) is 27.7 Å². The number of rotatable bonds is 12. The number of ether oxygens (including phenoxy) is 2. The molecule has 0 amide bonds. The van der Waals surface area contributed by atoms with E-state index in [1.54, 1.807) is 0 Å². The molecule has 0 bridgehead atoms. The van der Waals surface area contributed by atoms with Crippen molar-refractivity contribution in [1.29, 1.82) is 0 Å². The summed E-state index contributed by atoms with van der Waals surface area (Å²) in [7, 11) is 1.29. The molecule has 0 aromatic heterocycles. The summed E-state index contributed by atoms with van der Waals surface area (Å²) in [4.78, 5) is 0. The third kappa shape index (κ3) is 3.84. The van der Waals surface area contributed by atoms with Crippen LogP contribution in [0.1, 0.15) is 66.2 Å². The summed E-state index contributed by atoms with van der Waals surface area (Å²) in [5, 5.41) is 0. The zero-order chi connectivity index (χ0) is 17.0. The molecule has 6 unspecified atom stereocenters. The molecule has 0 saturated carbocycles. The fraction of sp³-hybridized carbons (Fsp3) is 1.00. The Hall–Kier alpha value is 0.0569. The summed E-state index contributed by atoms with van der Waals surface area (Å²) in [6.45, 7) is 8.94. The Balaban J connectivity index is 2.15. The van der Waals surface area contributed by atoms with Gasteiger partial charge in [0.25, 0.3) is 0 Å². The monoisotopic (exact) mass is 344 g/mol. The van der Waals surface area contributed by atoms with E-state index in [-0.39, 0.29) is 0 Å². The zero-order valence-corrected chi connectivity index (χ0v) is 16.8. The molecule has 2 rings (SSSR count). The molecular weight excluding hydrogens is 308 g/mol. The van der Waals surface area contributed by atoms with Crippen molar-refractivity contribution in [1.82, 2.24) is 0 Å². The van der Waals surface area contributed by atoms with Gasteiger partial charge in [-0.25, -0.2) is 0 Å². The average molecular weight is 345 g/mol. The minimum Gasteiger partial charge on any atom is -0.397 e. The lowest BCUT2D eigenvalue weighted by Gasteiger charge is -2.39. The van der Waals surface area contributed by atoms with Gasteiger partial charge in [0.15, 0.2) is 0 Å². The second kappa shape index (κ2) is 8.43. The summed E-state index contributed by atoms with van der Waals surface area (Å²) in [5.74, 6) is 0. The van der Waals surface area contributed by atoms with Crippen LogP contribution in [0.15, 0.2) is 0 Å². The van der Waals surface area contributed by atoms with Gasteiger partial charge < -0.3 is 18.3 Å². The molecule has 6 atom stereocenters. The van der Waals surface area contributed by atoms with Crippen LogP contribution in [-0.4, -0.2) is 47.2 Å². The van der Waals surface area contributed by atoms with Gasteiger partial charge in [-0.3, -0.25) is 0 Å². The SMILES string of the molecule is CCCC1OC1C(CC)[Si](OC)(OC)C(CC)C1OC1CCC. The first kappa shape index (κ1) is 19.4. The molecule has 0 N–H and O–H groups in total. The predicted octanol–water partition coefficient (Wildman–Crippen LogP) is 4.42. The van der Waals surface area contributed by atoms with Gasteiger partial charge in [-0.05, 0) is 25.7 Å². The zero-order valence-electron chi connectivity index (χ0n) is 15.8. The highest BCUT2D eigenvalue weighted by atomic mass is 28.4. The quantitative estimate of drug-likeness (QED) is 0.388. The van der Waals surface area contributed by atoms with E-state index in [9.17, 15) is 0 Å². The third-order valence-corrected chi connectivity index (χ3v) is 10.6. The first-order valence-electron chi connectivity index (χ1n) is 9.54. The molecule has 0 aliphatic carbocycles. The molecule has 5 heteroatoms. The van der Waals surface area contributed by atoms with Crippen molar-refractivity contribution < 1.29 is 18.3 Å². The van der Waals surface area contributed by atoms with Gasteiger partial charge in [0.1, 0.15) is 0 Å². The Morgan fingerprint density at radius 1 is 0.783 bits per heavy atom. The molecule has 4 nitrogen and oxygen atoms in total. The minimum absolute atomic E-state index is 0.323. The largest absolute Gasteiger partial charge is 0.397 e. The van der Waals surface area contributed by atoms with E-state index < -0.39 is 8.56 Å². The highest BCUT2D eigenvalue weighted by molar-refractivity contribution is 6.71. The fourth-order valence-corrected chi connectivity index (χ4v) is 9.08. The standard InChI is InChI=1S/C18H36O4Si/c1-7-11-13-17(21-13)15(9-3)23(19-5,20-6)16(10-4)18-14(22-18)12-8-2/h13-18H,7-12H2,1-6H3. The maximum atomic E-state index is 6.21. The fourth-order valence-electron chi connectivity index (χ4n) is 4.51. The highest BCUT2D eigenvalue weighted by Crippen LogP contribution is 2.53. The molecule has 0 radical (unpaired) electrons. The Morgan fingerprint density at radius 2 is 1.17 bits per heavy atom. The number of epoxide rings is 2. The van der Waals surface area contributed by atoms with Crippen LogP contribution in [0.25, 0.3) is 0 Å². The van der Waals surface area contributed by atoms with Crippen molar-refractivity contribution in [3.05, 3.63) is 0 Å². The van der Waals surface area contributed by atoms with Crippen molar-refractivity contribution in [2.75, 3.05) is 14.2 Å². The summed E-state index contributed by atoms with van der Waals surface area (Å²) < 4.78 is 24.5.